The minimum absolute atomic E-state index is 0.125. The summed E-state index contributed by atoms with van der Waals surface area (Å²) in [6.45, 7) is 3.30. The van der Waals surface area contributed by atoms with Gasteiger partial charge in [-0.25, -0.2) is 4.79 Å². The van der Waals surface area contributed by atoms with E-state index >= 15 is 0 Å². The summed E-state index contributed by atoms with van der Waals surface area (Å²) in [5, 5.41) is 14.2. The van der Waals surface area contributed by atoms with Gasteiger partial charge in [-0.2, -0.15) is 0 Å². The van der Waals surface area contributed by atoms with Gasteiger partial charge in [-0.1, -0.05) is 5.11 Å². The van der Waals surface area contributed by atoms with Gasteiger partial charge >= 0.3 is 5.97 Å². The van der Waals surface area contributed by atoms with Crippen molar-refractivity contribution in [1.29, 1.82) is 0 Å². The molecule has 0 bridgehead atoms. The third-order valence-corrected chi connectivity index (χ3v) is 3.98. The first kappa shape index (κ1) is 18.1. The highest BCUT2D eigenvalue weighted by Gasteiger charge is 2.55. The monoisotopic (exact) mass is 364 g/mol. The Morgan fingerprint density at radius 3 is 2.62 bits per heavy atom. The number of nitro groups is 1. The van der Waals surface area contributed by atoms with Gasteiger partial charge in [0.2, 0.25) is 0 Å². The van der Waals surface area contributed by atoms with E-state index in [0.29, 0.717) is 0 Å². The van der Waals surface area contributed by atoms with Crippen molar-refractivity contribution in [3.05, 3.63) is 50.4 Å². The molecule has 2 heterocycles. The first-order valence-corrected chi connectivity index (χ1v) is 7.77. The summed E-state index contributed by atoms with van der Waals surface area (Å²) < 4.78 is 22.2. The zero-order valence-corrected chi connectivity index (χ0v) is 14.0. The van der Waals surface area contributed by atoms with Gasteiger partial charge in [0, 0.05) is 17.0 Å². The maximum Gasteiger partial charge on any atom is 0.338 e. The Kier molecular flexibility index (Phi) is 4.79. The lowest BCUT2D eigenvalue weighted by Gasteiger charge is -2.22. The Labute approximate surface area is 147 Å². The number of carbonyl (C=O) groups is 1. The molecule has 4 atom stereocenters. The maximum atomic E-state index is 12.1. The van der Waals surface area contributed by atoms with Crippen molar-refractivity contribution in [2.75, 3.05) is 6.61 Å². The third kappa shape index (κ3) is 3.60. The first-order valence-electron chi connectivity index (χ1n) is 7.77. The maximum absolute atomic E-state index is 12.1. The summed E-state index contributed by atoms with van der Waals surface area (Å²) in [7, 11) is 0. The molecule has 0 radical (unpaired) electrons. The molecule has 1 aromatic carbocycles. The molecular weight excluding hydrogens is 348 g/mol. The van der Waals surface area contributed by atoms with Crippen LogP contribution >= 0.6 is 0 Å². The standard InChI is InChI=1S/C15H16N4O7/c1-15(2)25-11-10(24-13(17-18-16)12(11)26-15)7-23-14(20)8-3-5-9(6-4-8)19(21)22/h3-6,10-13H,7H2,1-2H3/t10-,11-,12-,13-/m1/s1. The topological polar surface area (TPSA) is 146 Å². The number of fused-ring (bicyclic) bond motifs is 1. The molecule has 2 fully saturated rings. The van der Waals surface area contributed by atoms with Crippen LogP contribution in [0.2, 0.25) is 0 Å². The highest BCUT2D eigenvalue weighted by Crippen LogP contribution is 2.39. The van der Waals surface area contributed by atoms with Crippen LogP contribution in [0, 0.1) is 10.1 Å². The zero-order valence-electron chi connectivity index (χ0n) is 14.0. The summed E-state index contributed by atoms with van der Waals surface area (Å²) in [5.41, 5.74) is 8.68. The van der Waals surface area contributed by atoms with Crippen LogP contribution in [0.5, 0.6) is 0 Å². The van der Waals surface area contributed by atoms with Crippen molar-refractivity contribution in [3.63, 3.8) is 0 Å². The van der Waals surface area contributed by atoms with E-state index < -0.39 is 41.2 Å². The average molecular weight is 364 g/mol. The number of hydrogen-bond acceptors (Lipinski definition) is 8. The van der Waals surface area contributed by atoms with E-state index in [1.807, 2.05) is 0 Å². The molecule has 0 amide bonds. The van der Waals surface area contributed by atoms with Crippen LogP contribution in [0.15, 0.2) is 29.4 Å². The Balaban J connectivity index is 1.64. The second-order valence-electron chi connectivity index (χ2n) is 6.24. The van der Waals surface area contributed by atoms with Gasteiger partial charge < -0.3 is 18.9 Å². The van der Waals surface area contributed by atoms with Gasteiger partial charge in [-0.3, -0.25) is 10.1 Å². The van der Waals surface area contributed by atoms with Crippen LogP contribution in [0.3, 0.4) is 0 Å². The molecule has 0 saturated carbocycles. The molecule has 0 aromatic heterocycles. The molecule has 11 heteroatoms. The van der Waals surface area contributed by atoms with Crippen molar-refractivity contribution >= 4 is 11.7 Å². The number of hydrogen-bond donors (Lipinski definition) is 0. The predicted molar refractivity (Wildman–Crippen MR) is 85.0 cm³/mol. The predicted octanol–water partition coefficient (Wildman–Crippen LogP) is 2.31. The van der Waals surface area contributed by atoms with E-state index in [0.717, 1.165) is 0 Å². The molecular formula is C15H16N4O7. The van der Waals surface area contributed by atoms with Gasteiger partial charge in [0.05, 0.1) is 10.5 Å². The number of rotatable bonds is 5. The lowest BCUT2D eigenvalue weighted by atomic mass is 10.1. The zero-order chi connectivity index (χ0) is 18.9. The minimum atomic E-state index is -0.880. The number of benzene rings is 1. The van der Waals surface area contributed by atoms with Crippen molar-refractivity contribution in [2.45, 2.75) is 44.2 Å². The molecule has 11 nitrogen and oxygen atoms in total. The van der Waals surface area contributed by atoms with Crippen LogP contribution in [-0.2, 0) is 18.9 Å². The van der Waals surface area contributed by atoms with Crippen LogP contribution < -0.4 is 0 Å². The number of esters is 1. The molecule has 3 rings (SSSR count). The van der Waals surface area contributed by atoms with E-state index in [9.17, 15) is 14.9 Å². The highest BCUT2D eigenvalue weighted by molar-refractivity contribution is 5.89. The smallest absolute Gasteiger partial charge is 0.338 e. The lowest BCUT2D eigenvalue weighted by molar-refractivity contribution is -0.384. The second-order valence-corrected chi connectivity index (χ2v) is 6.24. The van der Waals surface area contributed by atoms with Gasteiger partial charge in [-0.05, 0) is 31.5 Å². The Bertz CT molecular complexity index is 760. The number of non-ortho nitro benzene ring substituents is 1. The number of carbonyl (C=O) groups excluding carboxylic acids is 1. The summed E-state index contributed by atoms with van der Waals surface area (Å²) in [4.78, 5) is 24.9. The van der Waals surface area contributed by atoms with Crippen molar-refractivity contribution in [3.8, 4) is 0 Å². The van der Waals surface area contributed by atoms with E-state index in [-0.39, 0.29) is 17.9 Å². The molecule has 0 N–H and O–H groups in total. The SMILES string of the molecule is CC1(C)O[C@@H]2[C@H](O1)[C@@H](COC(=O)c1ccc([N+](=O)[O-])cc1)O[C@H]2N=[N+]=[N-]. The summed E-state index contributed by atoms with van der Waals surface area (Å²) in [5.74, 6) is -1.53. The normalized spacial score (nSPS) is 28.8. The fourth-order valence-electron chi connectivity index (χ4n) is 2.90. The van der Waals surface area contributed by atoms with Crippen LogP contribution in [0.25, 0.3) is 10.4 Å². The van der Waals surface area contributed by atoms with Gasteiger partial charge in [0.25, 0.3) is 5.69 Å². The minimum Gasteiger partial charge on any atom is -0.459 e. The van der Waals surface area contributed by atoms with Crippen molar-refractivity contribution in [1.82, 2.24) is 0 Å². The van der Waals surface area contributed by atoms with Gasteiger partial charge in [0.15, 0.2) is 12.0 Å². The fraction of sp³-hybridized carbons (Fsp3) is 0.533. The molecule has 0 unspecified atom stereocenters. The van der Waals surface area contributed by atoms with E-state index in [1.54, 1.807) is 13.8 Å². The largest absolute Gasteiger partial charge is 0.459 e. The van der Waals surface area contributed by atoms with Crippen LogP contribution in [0.4, 0.5) is 5.69 Å². The second kappa shape index (κ2) is 6.89. The molecule has 138 valence electrons. The number of ether oxygens (including phenoxy) is 4. The summed E-state index contributed by atoms with van der Waals surface area (Å²) >= 11 is 0. The molecule has 26 heavy (non-hydrogen) atoms. The quantitative estimate of drug-likeness (QED) is 0.194. The third-order valence-electron chi connectivity index (χ3n) is 3.98. The average Bonchev–Trinajstić information content (AvgIpc) is 3.07. The summed E-state index contributed by atoms with van der Waals surface area (Å²) in [6, 6.07) is 5.04. The summed E-state index contributed by atoms with van der Waals surface area (Å²) in [6.07, 6.45) is -2.69. The number of nitro benzene ring substituents is 1. The van der Waals surface area contributed by atoms with E-state index in [4.69, 9.17) is 24.5 Å². The Morgan fingerprint density at radius 2 is 2.00 bits per heavy atom. The van der Waals surface area contributed by atoms with E-state index in [1.165, 1.54) is 24.3 Å². The highest BCUT2D eigenvalue weighted by atomic mass is 16.8. The molecule has 0 aliphatic carbocycles. The molecule has 2 saturated heterocycles. The number of nitrogens with zero attached hydrogens (tertiary/aromatic N) is 4. The van der Waals surface area contributed by atoms with Crippen LogP contribution in [-0.4, -0.2) is 47.8 Å². The van der Waals surface area contributed by atoms with Crippen molar-refractivity contribution < 1.29 is 28.7 Å². The molecule has 2 aliphatic heterocycles. The Morgan fingerprint density at radius 1 is 1.35 bits per heavy atom. The van der Waals surface area contributed by atoms with Gasteiger partial charge in [-0.15, -0.1) is 0 Å². The fourth-order valence-corrected chi connectivity index (χ4v) is 2.90. The first-order chi connectivity index (χ1) is 12.3. The lowest BCUT2D eigenvalue weighted by Crippen LogP contribution is -2.33. The van der Waals surface area contributed by atoms with Gasteiger partial charge in [0.1, 0.15) is 24.9 Å². The molecule has 0 spiro atoms. The van der Waals surface area contributed by atoms with Crippen LogP contribution in [0.1, 0.15) is 24.2 Å². The molecule has 2 aliphatic rings. The van der Waals surface area contributed by atoms with E-state index in [2.05, 4.69) is 10.0 Å². The van der Waals surface area contributed by atoms with Crippen molar-refractivity contribution in [2.24, 2.45) is 5.11 Å². The number of azide groups is 1. The Hall–Kier alpha value is -2.72. The molecule has 1 aromatic rings.